The van der Waals surface area contributed by atoms with Gasteiger partial charge >= 0.3 is 5.97 Å². The van der Waals surface area contributed by atoms with Crippen molar-refractivity contribution < 1.29 is 32.9 Å². The van der Waals surface area contributed by atoms with Crippen LogP contribution in [0.1, 0.15) is 36.7 Å². The van der Waals surface area contributed by atoms with Gasteiger partial charge in [-0.25, -0.2) is 9.18 Å². The number of benzene rings is 1. The number of esters is 1. The summed E-state index contributed by atoms with van der Waals surface area (Å²) in [7, 11) is 1.54. The molecule has 3 rings (SSSR count). The molecule has 2 heterocycles. The molecule has 154 valence electrons. The first-order valence-electron chi connectivity index (χ1n) is 9.31. The van der Waals surface area contributed by atoms with Gasteiger partial charge in [0.2, 0.25) is 5.91 Å². The highest BCUT2D eigenvalue weighted by Gasteiger charge is 2.49. The van der Waals surface area contributed by atoms with E-state index in [0.29, 0.717) is 0 Å². The van der Waals surface area contributed by atoms with Crippen LogP contribution in [0, 0.1) is 11.2 Å². The van der Waals surface area contributed by atoms with E-state index in [2.05, 4.69) is 0 Å². The first-order chi connectivity index (χ1) is 13.3. The Hall–Kier alpha value is -2.19. The maximum Gasteiger partial charge on any atom is 0.338 e. The summed E-state index contributed by atoms with van der Waals surface area (Å²) in [6, 6.07) is 2.32. The number of hydrogen-bond donors (Lipinski definition) is 0. The molecule has 0 aromatic heterocycles. The fourth-order valence-corrected chi connectivity index (χ4v) is 3.39. The van der Waals surface area contributed by atoms with Gasteiger partial charge in [-0.2, -0.15) is 0 Å². The van der Waals surface area contributed by atoms with Crippen LogP contribution in [0.3, 0.4) is 0 Å². The van der Waals surface area contributed by atoms with Crippen molar-refractivity contribution in [2.45, 2.75) is 39.5 Å². The number of fused-ring (bicyclic) bond motifs is 1. The number of nitrogens with zero attached hydrogens (tertiary/aromatic N) is 1. The topological polar surface area (TPSA) is 74.3 Å². The van der Waals surface area contributed by atoms with E-state index < -0.39 is 17.2 Å². The lowest BCUT2D eigenvalue weighted by molar-refractivity contribution is -0.185. The van der Waals surface area contributed by atoms with Crippen LogP contribution in [-0.4, -0.2) is 62.5 Å². The third-order valence-electron chi connectivity index (χ3n) is 4.97. The zero-order valence-electron chi connectivity index (χ0n) is 16.6. The summed E-state index contributed by atoms with van der Waals surface area (Å²) in [5.41, 5.74) is -0.419. The van der Waals surface area contributed by atoms with E-state index >= 15 is 0 Å². The van der Waals surface area contributed by atoms with Gasteiger partial charge < -0.3 is 23.8 Å². The average molecular weight is 395 g/mol. The van der Waals surface area contributed by atoms with Gasteiger partial charge in [0.15, 0.2) is 0 Å². The van der Waals surface area contributed by atoms with Gasteiger partial charge in [-0.3, -0.25) is 4.79 Å². The quantitative estimate of drug-likeness (QED) is 0.712. The SMILES string of the molecule is COCC1(C(=O)N2Cc3c(F)cc(C(=O)OC(C)C)cc3OCC2C)COC1. The van der Waals surface area contributed by atoms with Crippen molar-refractivity contribution in [1.82, 2.24) is 4.90 Å². The van der Waals surface area contributed by atoms with Crippen molar-refractivity contribution in [1.29, 1.82) is 0 Å². The summed E-state index contributed by atoms with van der Waals surface area (Å²) in [4.78, 5) is 26.9. The van der Waals surface area contributed by atoms with E-state index in [1.807, 2.05) is 6.92 Å². The highest BCUT2D eigenvalue weighted by Crippen LogP contribution is 2.35. The molecule has 0 aliphatic carbocycles. The lowest BCUT2D eigenvalue weighted by atomic mass is 9.84. The lowest BCUT2D eigenvalue weighted by Crippen LogP contribution is -2.59. The van der Waals surface area contributed by atoms with Gasteiger partial charge in [-0.15, -0.1) is 0 Å². The number of rotatable bonds is 5. The molecule has 1 saturated heterocycles. The average Bonchev–Trinajstić information content (AvgIpc) is 2.76. The Bertz CT molecular complexity index is 761. The Labute approximate surface area is 163 Å². The van der Waals surface area contributed by atoms with Gasteiger partial charge in [0.25, 0.3) is 0 Å². The second-order valence-electron chi connectivity index (χ2n) is 7.69. The number of methoxy groups -OCH3 is 1. The molecule has 2 aliphatic rings. The van der Waals surface area contributed by atoms with Gasteiger partial charge in [0, 0.05) is 12.7 Å². The van der Waals surface area contributed by atoms with Crippen LogP contribution in [0.25, 0.3) is 0 Å². The van der Waals surface area contributed by atoms with Crippen molar-refractivity contribution in [2.24, 2.45) is 5.41 Å². The Morgan fingerprint density at radius 1 is 1.36 bits per heavy atom. The number of hydrogen-bond acceptors (Lipinski definition) is 6. The van der Waals surface area contributed by atoms with Crippen molar-refractivity contribution in [3.63, 3.8) is 0 Å². The maximum absolute atomic E-state index is 14.8. The number of ether oxygens (including phenoxy) is 4. The molecular formula is C20H26FNO6. The Morgan fingerprint density at radius 3 is 2.64 bits per heavy atom. The molecule has 0 bridgehead atoms. The normalized spacial score (nSPS) is 20.6. The molecule has 1 amide bonds. The van der Waals surface area contributed by atoms with E-state index in [-0.39, 0.29) is 67.9 Å². The smallest absolute Gasteiger partial charge is 0.338 e. The summed E-state index contributed by atoms with van der Waals surface area (Å²) < 4.78 is 36.2. The standard InChI is InChI=1S/C20H26FNO6/c1-12(2)28-18(23)14-5-16(21)15-7-22(13(3)8-27-17(15)6-14)19(24)20(9-25-4)10-26-11-20/h5-6,12-13H,7-11H2,1-4H3. The van der Waals surface area contributed by atoms with E-state index in [1.54, 1.807) is 18.7 Å². The molecular weight excluding hydrogens is 369 g/mol. The second-order valence-corrected chi connectivity index (χ2v) is 7.69. The minimum atomic E-state index is -0.745. The molecule has 1 fully saturated rings. The molecule has 1 aromatic carbocycles. The summed E-state index contributed by atoms with van der Waals surface area (Å²) >= 11 is 0. The molecule has 1 atom stereocenters. The predicted molar refractivity (Wildman–Crippen MR) is 97.6 cm³/mol. The van der Waals surface area contributed by atoms with E-state index in [9.17, 15) is 14.0 Å². The third-order valence-corrected chi connectivity index (χ3v) is 4.97. The molecule has 0 spiro atoms. The first kappa shape index (κ1) is 20.5. The second kappa shape index (κ2) is 8.05. The number of amides is 1. The number of carbonyl (C=O) groups excluding carboxylic acids is 2. The summed E-state index contributed by atoms with van der Waals surface area (Å²) in [6.45, 7) is 6.31. The van der Waals surface area contributed by atoms with Crippen LogP contribution in [-0.2, 0) is 25.5 Å². The van der Waals surface area contributed by atoms with Crippen LogP contribution >= 0.6 is 0 Å². The van der Waals surface area contributed by atoms with Crippen molar-refractivity contribution in [3.05, 3.63) is 29.1 Å². The molecule has 1 aromatic rings. The lowest BCUT2D eigenvalue weighted by Gasteiger charge is -2.43. The largest absolute Gasteiger partial charge is 0.491 e. The number of halogens is 1. The van der Waals surface area contributed by atoms with Crippen LogP contribution < -0.4 is 4.74 Å². The Morgan fingerprint density at radius 2 is 2.07 bits per heavy atom. The first-order valence-corrected chi connectivity index (χ1v) is 9.31. The molecule has 0 N–H and O–H groups in total. The fraction of sp³-hybridized carbons (Fsp3) is 0.600. The molecule has 1 unspecified atom stereocenters. The molecule has 28 heavy (non-hydrogen) atoms. The maximum atomic E-state index is 14.8. The van der Waals surface area contributed by atoms with Crippen molar-refractivity contribution in [3.8, 4) is 5.75 Å². The summed E-state index contributed by atoms with van der Waals surface area (Å²) in [5.74, 6) is -1.11. The van der Waals surface area contributed by atoms with Crippen LogP contribution in [0.2, 0.25) is 0 Å². The molecule has 0 radical (unpaired) electrons. The van der Waals surface area contributed by atoms with Gasteiger partial charge in [-0.1, -0.05) is 0 Å². The minimum Gasteiger partial charge on any atom is -0.491 e. The highest BCUT2D eigenvalue weighted by molar-refractivity contribution is 5.90. The predicted octanol–water partition coefficient (Wildman–Crippen LogP) is 2.16. The van der Waals surface area contributed by atoms with Crippen molar-refractivity contribution >= 4 is 11.9 Å². The van der Waals surface area contributed by atoms with Gasteiger partial charge in [-0.05, 0) is 32.9 Å². The number of carbonyl (C=O) groups is 2. The van der Waals surface area contributed by atoms with E-state index in [1.165, 1.54) is 13.2 Å². The van der Waals surface area contributed by atoms with E-state index in [0.717, 1.165) is 6.07 Å². The third kappa shape index (κ3) is 3.84. The molecule has 0 saturated carbocycles. The monoisotopic (exact) mass is 395 g/mol. The highest BCUT2D eigenvalue weighted by atomic mass is 19.1. The minimum absolute atomic E-state index is 0.0478. The molecule has 2 aliphatic heterocycles. The van der Waals surface area contributed by atoms with Crippen LogP contribution in [0.15, 0.2) is 12.1 Å². The fourth-order valence-electron chi connectivity index (χ4n) is 3.39. The van der Waals surface area contributed by atoms with Crippen molar-refractivity contribution in [2.75, 3.05) is 33.5 Å². The zero-order valence-corrected chi connectivity index (χ0v) is 16.6. The van der Waals surface area contributed by atoms with Crippen LogP contribution in [0.4, 0.5) is 4.39 Å². The molecule has 7 nitrogen and oxygen atoms in total. The van der Waals surface area contributed by atoms with E-state index in [4.69, 9.17) is 18.9 Å². The zero-order chi connectivity index (χ0) is 20.5. The Balaban J connectivity index is 1.88. The summed E-state index contributed by atoms with van der Waals surface area (Å²) in [5, 5.41) is 0. The Kier molecular flexibility index (Phi) is 5.90. The van der Waals surface area contributed by atoms with Gasteiger partial charge in [0.1, 0.15) is 23.6 Å². The molecule has 8 heteroatoms. The summed E-state index contributed by atoms with van der Waals surface area (Å²) in [6.07, 6.45) is -0.315. The van der Waals surface area contributed by atoms with Gasteiger partial charge in [0.05, 0.1) is 44.1 Å². The van der Waals surface area contributed by atoms with Crippen LogP contribution in [0.5, 0.6) is 5.75 Å².